The smallest absolute Gasteiger partial charge is 0.0955 e. The van der Waals surface area contributed by atoms with Gasteiger partial charge in [-0.2, -0.15) is 0 Å². The highest BCUT2D eigenvalue weighted by Crippen LogP contribution is 2.19. The van der Waals surface area contributed by atoms with Crippen molar-refractivity contribution in [2.45, 2.75) is 110 Å². The van der Waals surface area contributed by atoms with E-state index in [0.29, 0.717) is 6.17 Å². The van der Waals surface area contributed by atoms with Crippen LogP contribution in [-0.2, 0) is 0 Å². The van der Waals surface area contributed by atoms with Gasteiger partial charge in [-0.05, 0) is 20.3 Å². The Morgan fingerprint density at radius 1 is 0.957 bits per heavy atom. The number of hydrogen-bond donors (Lipinski definition) is 2. The van der Waals surface area contributed by atoms with Gasteiger partial charge in [-0.3, -0.25) is 0 Å². The number of nitrogens with one attached hydrogen (secondary N) is 1. The molecule has 2 N–H and O–H groups in total. The Hall–Kier alpha value is -0.700. The van der Waals surface area contributed by atoms with Crippen molar-refractivity contribution in [3.8, 4) is 0 Å². The highest BCUT2D eigenvalue weighted by Gasteiger charge is 2.23. The molecule has 1 aliphatic heterocycles. The molecule has 0 aromatic heterocycles. The lowest BCUT2D eigenvalue weighted by Gasteiger charge is -2.28. The Morgan fingerprint density at radius 3 is 1.91 bits per heavy atom. The van der Waals surface area contributed by atoms with E-state index < -0.39 is 0 Å². The SMILES string of the molecule is CCCCCCCCCCCCCCN1C(C(C)O)=CNC1C. The third-order valence-corrected chi connectivity index (χ3v) is 4.95. The second-order valence-corrected chi connectivity index (χ2v) is 7.17. The van der Waals surface area contributed by atoms with Crippen LogP contribution in [0.2, 0.25) is 0 Å². The van der Waals surface area contributed by atoms with E-state index in [9.17, 15) is 5.11 Å². The summed E-state index contributed by atoms with van der Waals surface area (Å²) in [5.41, 5.74) is 1.04. The van der Waals surface area contributed by atoms with E-state index >= 15 is 0 Å². The topological polar surface area (TPSA) is 35.5 Å². The van der Waals surface area contributed by atoms with Gasteiger partial charge in [-0.15, -0.1) is 0 Å². The van der Waals surface area contributed by atoms with E-state index in [4.69, 9.17) is 0 Å². The van der Waals surface area contributed by atoms with Crippen molar-refractivity contribution < 1.29 is 5.11 Å². The van der Waals surface area contributed by atoms with Crippen LogP contribution in [0.25, 0.3) is 0 Å². The zero-order chi connectivity index (χ0) is 16.9. The van der Waals surface area contributed by atoms with Gasteiger partial charge in [-0.25, -0.2) is 0 Å². The highest BCUT2D eigenvalue weighted by atomic mass is 16.3. The van der Waals surface area contributed by atoms with Crippen LogP contribution in [0.4, 0.5) is 0 Å². The molecule has 0 saturated heterocycles. The van der Waals surface area contributed by atoms with Gasteiger partial charge in [0, 0.05) is 12.7 Å². The van der Waals surface area contributed by atoms with Gasteiger partial charge < -0.3 is 15.3 Å². The monoisotopic (exact) mass is 324 g/mol. The molecule has 2 unspecified atom stereocenters. The minimum absolute atomic E-state index is 0.326. The summed E-state index contributed by atoms with van der Waals surface area (Å²) in [6, 6.07) is 0. The second kappa shape index (κ2) is 12.7. The first kappa shape index (κ1) is 20.3. The minimum Gasteiger partial charge on any atom is -0.387 e. The van der Waals surface area contributed by atoms with E-state index in [1.54, 1.807) is 0 Å². The lowest BCUT2D eigenvalue weighted by molar-refractivity contribution is 0.164. The fraction of sp³-hybridized carbons (Fsp3) is 0.900. The number of aliphatic hydroxyl groups excluding tert-OH is 1. The molecule has 1 aliphatic rings. The van der Waals surface area contributed by atoms with Gasteiger partial charge in [0.05, 0.1) is 18.0 Å². The molecule has 1 rings (SSSR count). The van der Waals surface area contributed by atoms with Crippen LogP contribution in [0.3, 0.4) is 0 Å². The summed E-state index contributed by atoms with van der Waals surface area (Å²) in [6.45, 7) is 7.35. The highest BCUT2D eigenvalue weighted by molar-refractivity contribution is 5.11. The molecule has 0 amide bonds. The lowest BCUT2D eigenvalue weighted by atomic mass is 10.1. The summed E-state index contributed by atoms with van der Waals surface area (Å²) in [7, 11) is 0. The van der Waals surface area contributed by atoms with Crippen LogP contribution in [-0.4, -0.2) is 28.8 Å². The fourth-order valence-electron chi connectivity index (χ4n) is 3.41. The molecule has 23 heavy (non-hydrogen) atoms. The van der Waals surface area contributed by atoms with Crippen molar-refractivity contribution in [1.82, 2.24) is 10.2 Å². The normalized spacial score (nSPS) is 18.9. The Labute approximate surface area is 144 Å². The molecule has 0 aliphatic carbocycles. The molecule has 3 heteroatoms. The minimum atomic E-state index is -0.371. The average molecular weight is 325 g/mol. The third kappa shape index (κ3) is 8.64. The average Bonchev–Trinajstić information content (AvgIpc) is 2.89. The molecular formula is C20H40N2O. The van der Waals surface area contributed by atoms with E-state index in [0.717, 1.165) is 12.2 Å². The maximum absolute atomic E-state index is 9.78. The van der Waals surface area contributed by atoms with Crippen molar-refractivity contribution in [2.24, 2.45) is 0 Å². The van der Waals surface area contributed by atoms with Crippen molar-refractivity contribution in [3.05, 3.63) is 11.9 Å². The molecule has 3 nitrogen and oxygen atoms in total. The first-order valence-corrected chi connectivity index (χ1v) is 10.1. The van der Waals surface area contributed by atoms with Gasteiger partial charge in [0.1, 0.15) is 0 Å². The molecule has 0 aromatic carbocycles. The molecule has 0 aromatic rings. The molecule has 1 heterocycles. The lowest BCUT2D eigenvalue weighted by Crippen LogP contribution is -2.37. The molecule has 2 atom stereocenters. The molecular weight excluding hydrogens is 284 g/mol. The molecule has 0 radical (unpaired) electrons. The van der Waals surface area contributed by atoms with Gasteiger partial charge in [0.25, 0.3) is 0 Å². The van der Waals surface area contributed by atoms with Gasteiger partial charge in [0.15, 0.2) is 0 Å². The van der Waals surface area contributed by atoms with Crippen molar-refractivity contribution in [2.75, 3.05) is 6.54 Å². The van der Waals surface area contributed by atoms with Gasteiger partial charge in [-0.1, -0.05) is 77.6 Å². The molecule has 136 valence electrons. The molecule has 0 fully saturated rings. The van der Waals surface area contributed by atoms with Crippen LogP contribution in [0, 0.1) is 0 Å². The quantitative estimate of drug-likeness (QED) is 0.433. The van der Waals surface area contributed by atoms with Crippen LogP contribution in [0.1, 0.15) is 97.8 Å². The summed E-state index contributed by atoms with van der Waals surface area (Å²) in [5.74, 6) is 0. The summed E-state index contributed by atoms with van der Waals surface area (Å²) in [6.07, 6.45) is 18.6. The predicted octanol–water partition coefficient (Wildman–Crippen LogP) is 5.16. The predicted molar refractivity (Wildman–Crippen MR) is 100 cm³/mol. The Bertz CT molecular complexity index is 315. The maximum atomic E-state index is 9.78. The van der Waals surface area contributed by atoms with Gasteiger partial charge >= 0.3 is 0 Å². The van der Waals surface area contributed by atoms with E-state index in [2.05, 4.69) is 24.1 Å². The van der Waals surface area contributed by atoms with Crippen LogP contribution in [0.5, 0.6) is 0 Å². The summed E-state index contributed by atoms with van der Waals surface area (Å²) >= 11 is 0. The zero-order valence-corrected chi connectivity index (χ0v) is 15.8. The number of nitrogens with zero attached hydrogens (tertiary/aromatic N) is 1. The van der Waals surface area contributed by atoms with Crippen molar-refractivity contribution >= 4 is 0 Å². The van der Waals surface area contributed by atoms with E-state index in [1.807, 2.05) is 13.1 Å². The third-order valence-electron chi connectivity index (χ3n) is 4.95. The number of unbranched alkanes of at least 4 members (excludes halogenated alkanes) is 11. The first-order chi connectivity index (χ1) is 11.2. The van der Waals surface area contributed by atoms with E-state index in [1.165, 1.54) is 77.0 Å². The Morgan fingerprint density at radius 2 is 1.43 bits per heavy atom. The number of hydrogen-bond acceptors (Lipinski definition) is 3. The summed E-state index contributed by atoms with van der Waals surface area (Å²) in [4.78, 5) is 2.31. The van der Waals surface area contributed by atoms with Crippen LogP contribution >= 0.6 is 0 Å². The fourth-order valence-corrected chi connectivity index (χ4v) is 3.41. The van der Waals surface area contributed by atoms with Crippen molar-refractivity contribution in [3.63, 3.8) is 0 Å². The first-order valence-electron chi connectivity index (χ1n) is 10.1. The van der Waals surface area contributed by atoms with Crippen LogP contribution in [0.15, 0.2) is 11.9 Å². The van der Waals surface area contributed by atoms with Crippen LogP contribution < -0.4 is 5.32 Å². The van der Waals surface area contributed by atoms with Crippen molar-refractivity contribution in [1.29, 1.82) is 0 Å². The maximum Gasteiger partial charge on any atom is 0.0955 e. The largest absolute Gasteiger partial charge is 0.387 e. The second-order valence-electron chi connectivity index (χ2n) is 7.17. The summed E-state index contributed by atoms with van der Waals surface area (Å²) < 4.78 is 0. The Balaban J connectivity index is 1.91. The Kier molecular flexibility index (Phi) is 11.2. The number of aliphatic hydroxyl groups is 1. The summed E-state index contributed by atoms with van der Waals surface area (Å²) in [5, 5.41) is 13.1. The molecule has 0 spiro atoms. The molecule has 0 saturated carbocycles. The van der Waals surface area contributed by atoms with E-state index in [-0.39, 0.29) is 6.10 Å². The number of rotatable bonds is 14. The molecule has 0 bridgehead atoms. The standard InChI is InChI=1S/C20H40N2O/c1-4-5-6-7-8-9-10-11-12-13-14-15-16-22-19(3)21-17-20(22)18(2)23/h17-19,21,23H,4-16H2,1-3H3. The zero-order valence-electron chi connectivity index (χ0n) is 15.8. The van der Waals surface area contributed by atoms with Gasteiger partial charge in [0.2, 0.25) is 0 Å².